The molecule has 1 unspecified atom stereocenters. The molecule has 2 atom stereocenters. The van der Waals surface area contributed by atoms with Crippen LogP contribution in [0.2, 0.25) is 0 Å². The van der Waals surface area contributed by atoms with Crippen molar-refractivity contribution in [3.63, 3.8) is 0 Å². The molecule has 0 saturated heterocycles. The predicted molar refractivity (Wildman–Crippen MR) is 69.8 cm³/mol. The molecule has 0 amide bonds. The Morgan fingerprint density at radius 1 is 1.33 bits per heavy atom. The van der Waals surface area contributed by atoms with Gasteiger partial charge in [-0.05, 0) is 26.3 Å². The van der Waals surface area contributed by atoms with Crippen molar-refractivity contribution >= 4 is 5.97 Å². The number of hydrogen-bond donors (Lipinski definition) is 2. The van der Waals surface area contributed by atoms with E-state index in [1.54, 1.807) is 32.9 Å². The Bertz CT molecular complexity index is 384. The van der Waals surface area contributed by atoms with Crippen LogP contribution in [-0.2, 0) is 9.53 Å². The molecule has 0 aromatic heterocycles. The Morgan fingerprint density at radius 2 is 1.89 bits per heavy atom. The number of esters is 1. The number of aliphatic hydroxyl groups excluding tert-OH is 1. The molecule has 4 heteroatoms. The van der Waals surface area contributed by atoms with Gasteiger partial charge >= 0.3 is 5.97 Å². The molecule has 0 saturated carbocycles. The van der Waals surface area contributed by atoms with E-state index in [1.165, 1.54) is 0 Å². The van der Waals surface area contributed by atoms with Gasteiger partial charge in [0.2, 0.25) is 0 Å². The number of aliphatic hydroxyl groups is 1. The zero-order valence-corrected chi connectivity index (χ0v) is 11.1. The molecule has 1 aromatic rings. The molecule has 3 N–H and O–H groups in total. The number of carbonyl (C=O) groups is 1. The maximum absolute atomic E-state index is 11.6. The van der Waals surface area contributed by atoms with Crippen LogP contribution in [0.5, 0.6) is 0 Å². The first-order valence-corrected chi connectivity index (χ1v) is 6.00. The quantitative estimate of drug-likeness (QED) is 0.800. The van der Waals surface area contributed by atoms with E-state index in [4.69, 9.17) is 10.5 Å². The number of rotatable bonds is 4. The van der Waals surface area contributed by atoms with Crippen LogP contribution in [0.25, 0.3) is 0 Å². The summed E-state index contributed by atoms with van der Waals surface area (Å²) >= 11 is 0. The lowest BCUT2D eigenvalue weighted by atomic mass is 10.0. The van der Waals surface area contributed by atoms with Crippen LogP contribution in [-0.4, -0.2) is 22.7 Å². The fourth-order valence-electron chi connectivity index (χ4n) is 1.58. The van der Waals surface area contributed by atoms with Gasteiger partial charge in [0.15, 0.2) is 0 Å². The van der Waals surface area contributed by atoms with E-state index in [0.717, 1.165) is 0 Å². The average Bonchev–Trinajstić information content (AvgIpc) is 2.26. The first kappa shape index (κ1) is 14.7. The summed E-state index contributed by atoms with van der Waals surface area (Å²) in [5.41, 5.74) is 5.99. The highest BCUT2D eigenvalue weighted by Crippen LogP contribution is 2.18. The molecule has 18 heavy (non-hydrogen) atoms. The van der Waals surface area contributed by atoms with Crippen molar-refractivity contribution in [1.82, 2.24) is 0 Å². The summed E-state index contributed by atoms with van der Waals surface area (Å²) in [6, 6.07) is 8.38. The van der Waals surface area contributed by atoms with Crippen molar-refractivity contribution in [3.8, 4) is 0 Å². The van der Waals surface area contributed by atoms with Gasteiger partial charge < -0.3 is 15.6 Å². The minimum Gasteiger partial charge on any atom is -0.460 e. The third-order valence-electron chi connectivity index (χ3n) is 2.37. The topological polar surface area (TPSA) is 72.5 Å². The van der Waals surface area contributed by atoms with E-state index in [0.29, 0.717) is 5.56 Å². The van der Waals surface area contributed by atoms with Crippen molar-refractivity contribution in [2.45, 2.75) is 44.9 Å². The Kier molecular flexibility index (Phi) is 4.87. The molecule has 4 nitrogen and oxygen atoms in total. The number of benzene rings is 1. The fourth-order valence-corrected chi connectivity index (χ4v) is 1.58. The summed E-state index contributed by atoms with van der Waals surface area (Å²) in [5, 5.41) is 10.0. The molecule has 0 aliphatic heterocycles. The second-order valence-electron chi connectivity index (χ2n) is 5.31. The maximum Gasteiger partial charge on any atom is 0.307 e. The Morgan fingerprint density at radius 3 is 2.39 bits per heavy atom. The zero-order valence-electron chi connectivity index (χ0n) is 11.1. The van der Waals surface area contributed by atoms with Gasteiger partial charge in [0, 0.05) is 6.04 Å². The molecule has 0 spiro atoms. The monoisotopic (exact) mass is 251 g/mol. The molecule has 0 heterocycles. The van der Waals surface area contributed by atoms with Gasteiger partial charge in [-0.15, -0.1) is 0 Å². The molecular weight excluding hydrogens is 230 g/mol. The Hall–Kier alpha value is -1.39. The van der Waals surface area contributed by atoms with E-state index in [-0.39, 0.29) is 6.42 Å². The summed E-state index contributed by atoms with van der Waals surface area (Å²) in [4.78, 5) is 11.6. The first-order chi connectivity index (χ1) is 8.29. The molecule has 0 fully saturated rings. The van der Waals surface area contributed by atoms with Crippen molar-refractivity contribution in [3.05, 3.63) is 35.9 Å². The molecule has 0 radical (unpaired) electrons. The second-order valence-corrected chi connectivity index (χ2v) is 5.31. The Labute approximate surface area is 108 Å². The van der Waals surface area contributed by atoms with Gasteiger partial charge in [-0.2, -0.15) is 0 Å². The normalized spacial score (nSPS) is 14.9. The number of carbonyl (C=O) groups excluding carboxylic acids is 1. The van der Waals surface area contributed by atoms with E-state index >= 15 is 0 Å². The van der Waals surface area contributed by atoms with Crippen LogP contribution < -0.4 is 5.73 Å². The first-order valence-electron chi connectivity index (χ1n) is 6.00. The highest BCUT2D eigenvalue weighted by Gasteiger charge is 2.23. The van der Waals surface area contributed by atoms with E-state index in [2.05, 4.69) is 0 Å². The number of ether oxygens (including phenoxy) is 1. The molecule has 100 valence electrons. The highest BCUT2D eigenvalue weighted by atomic mass is 16.6. The van der Waals surface area contributed by atoms with Crippen LogP contribution >= 0.6 is 0 Å². The van der Waals surface area contributed by atoms with Gasteiger partial charge in [-0.25, -0.2) is 0 Å². The van der Waals surface area contributed by atoms with Gasteiger partial charge in [0.1, 0.15) is 5.60 Å². The third-order valence-corrected chi connectivity index (χ3v) is 2.37. The Balaban J connectivity index is 2.55. The van der Waals surface area contributed by atoms with Gasteiger partial charge in [0.05, 0.1) is 12.5 Å². The van der Waals surface area contributed by atoms with Crippen LogP contribution in [0.15, 0.2) is 30.3 Å². The van der Waals surface area contributed by atoms with Crippen LogP contribution in [0.1, 0.15) is 38.9 Å². The van der Waals surface area contributed by atoms with Crippen molar-refractivity contribution < 1.29 is 14.6 Å². The van der Waals surface area contributed by atoms with Crippen LogP contribution in [0.4, 0.5) is 0 Å². The van der Waals surface area contributed by atoms with Crippen molar-refractivity contribution in [2.24, 2.45) is 5.73 Å². The molecule has 0 bridgehead atoms. The van der Waals surface area contributed by atoms with Crippen LogP contribution in [0.3, 0.4) is 0 Å². The highest BCUT2D eigenvalue weighted by molar-refractivity contribution is 5.70. The van der Waals surface area contributed by atoms with Crippen LogP contribution in [0, 0.1) is 0 Å². The lowest BCUT2D eigenvalue weighted by Crippen LogP contribution is -2.34. The number of nitrogens with two attached hydrogens (primary N) is 1. The molecule has 0 aliphatic carbocycles. The van der Waals surface area contributed by atoms with E-state index in [1.807, 2.05) is 18.2 Å². The lowest BCUT2D eigenvalue weighted by molar-refractivity contribution is -0.155. The number of hydrogen-bond acceptors (Lipinski definition) is 4. The average molecular weight is 251 g/mol. The van der Waals surface area contributed by atoms with Crippen molar-refractivity contribution in [2.75, 3.05) is 0 Å². The molecule has 0 aliphatic rings. The SMILES string of the molecule is CC(C)(C)OC(=O)CC(N)[C@H](O)c1ccccc1. The largest absolute Gasteiger partial charge is 0.460 e. The second kappa shape index (κ2) is 5.98. The summed E-state index contributed by atoms with van der Waals surface area (Å²) in [5.74, 6) is -0.398. The van der Waals surface area contributed by atoms with Gasteiger partial charge in [-0.1, -0.05) is 30.3 Å². The van der Waals surface area contributed by atoms with E-state index in [9.17, 15) is 9.90 Å². The smallest absolute Gasteiger partial charge is 0.307 e. The predicted octanol–water partition coefficient (Wildman–Crippen LogP) is 1.78. The van der Waals surface area contributed by atoms with Gasteiger partial charge in [-0.3, -0.25) is 4.79 Å². The minimum atomic E-state index is -0.862. The fraction of sp³-hybridized carbons (Fsp3) is 0.500. The zero-order chi connectivity index (χ0) is 13.8. The minimum absolute atomic E-state index is 0.00662. The summed E-state index contributed by atoms with van der Waals surface area (Å²) in [6.45, 7) is 5.39. The summed E-state index contributed by atoms with van der Waals surface area (Å²) < 4.78 is 5.16. The molecule has 1 aromatic carbocycles. The maximum atomic E-state index is 11.6. The van der Waals surface area contributed by atoms with E-state index < -0.39 is 23.7 Å². The molecular formula is C14H21NO3. The summed E-state index contributed by atoms with van der Waals surface area (Å²) in [6.07, 6.45) is -0.869. The standard InChI is InChI=1S/C14H21NO3/c1-14(2,3)18-12(16)9-11(15)13(17)10-7-5-4-6-8-10/h4-8,11,13,17H,9,15H2,1-3H3/t11?,13-/m1/s1. The van der Waals surface area contributed by atoms with Gasteiger partial charge in [0.25, 0.3) is 0 Å². The van der Waals surface area contributed by atoms with Crippen molar-refractivity contribution in [1.29, 1.82) is 0 Å². The lowest BCUT2D eigenvalue weighted by Gasteiger charge is -2.23. The molecule has 1 rings (SSSR count). The third kappa shape index (κ3) is 4.85. The summed E-state index contributed by atoms with van der Waals surface area (Å²) in [7, 11) is 0.